The van der Waals surface area contributed by atoms with Gasteiger partial charge in [0, 0.05) is 6.42 Å². The van der Waals surface area contributed by atoms with E-state index in [1.165, 1.54) is 263 Å². The van der Waals surface area contributed by atoms with Crippen LogP contribution in [0.1, 0.15) is 322 Å². The third-order valence-electron chi connectivity index (χ3n) is 15.7. The van der Waals surface area contributed by atoms with E-state index in [-0.39, 0.29) is 12.5 Å². The largest absolute Gasteiger partial charge is 0.394 e. The molecule has 7 unspecified atom stereocenters. The lowest BCUT2D eigenvalue weighted by Gasteiger charge is -2.40. The van der Waals surface area contributed by atoms with Gasteiger partial charge in [-0.25, -0.2) is 0 Å². The van der Waals surface area contributed by atoms with Crippen LogP contribution in [0.15, 0.2) is 36.5 Å². The van der Waals surface area contributed by atoms with Gasteiger partial charge in [0.15, 0.2) is 6.29 Å². The lowest BCUT2D eigenvalue weighted by atomic mass is 9.99. The average molecular weight is 1060 g/mol. The SMILES string of the molecule is CCCCCCCCCC/C=C\CCCCCCCCCCCCCCCC(=O)NC(COC1OC(CO)C(O)C(O)C1O)C(O)/C=C/CC/C=C/CCCCCCCCCCCCCCCCCCCCCCC. The third-order valence-corrected chi connectivity index (χ3v) is 15.7. The molecule has 9 heteroatoms. The number of aliphatic hydroxyl groups excluding tert-OH is 5. The van der Waals surface area contributed by atoms with Gasteiger partial charge in [0.2, 0.25) is 5.91 Å². The molecule has 1 saturated heterocycles. The molecule has 0 aromatic rings. The zero-order valence-electron chi connectivity index (χ0n) is 49.3. The summed E-state index contributed by atoms with van der Waals surface area (Å²) in [4.78, 5) is 13.1. The fraction of sp³-hybridized carbons (Fsp3) is 0.894. The van der Waals surface area contributed by atoms with E-state index in [2.05, 4.69) is 43.5 Å². The number of hydrogen-bond donors (Lipinski definition) is 6. The summed E-state index contributed by atoms with van der Waals surface area (Å²) >= 11 is 0. The predicted octanol–water partition coefficient (Wildman–Crippen LogP) is 17.1. The van der Waals surface area contributed by atoms with Gasteiger partial charge in [-0.1, -0.05) is 294 Å². The van der Waals surface area contributed by atoms with E-state index < -0.39 is 49.5 Å². The molecule has 0 spiro atoms. The lowest BCUT2D eigenvalue weighted by Crippen LogP contribution is -2.60. The number of allylic oxidation sites excluding steroid dienone is 5. The van der Waals surface area contributed by atoms with Crippen molar-refractivity contribution in [2.45, 2.75) is 365 Å². The Balaban J connectivity index is 2.19. The van der Waals surface area contributed by atoms with Crippen LogP contribution in [-0.2, 0) is 14.3 Å². The second-order valence-corrected chi connectivity index (χ2v) is 22.9. The second kappa shape index (κ2) is 55.7. The van der Waals surface area contributed by atoms with Crippen LogP contribution in [0, 0.1) is 0 Å². The Morgan fingerprint density at radius 3 is 1.12 bits per heavy atom. The van der Waals surface area contributed by atoms with Gasteiger partial charge in [-0.15, -0.1) is 0 Å². The molecular weight excluding hydrogens is 935 g/mol. The van der Waals surface area contributed by atoms with Crippen LogP contribution in [0.2, 0.25) is 0 Å². The van der Waals surface area contributed by atoms with Crippen molar-refractivity contribution in [1.29, 1.82) is 0 Å². The molecule has 0 aromatic heterocycles. The van der Waals surface area contributed by atoms with Gasteiger partial charge in [-0.05, 0) is 57.8 Å². The summed E-state index contributed by atoms with van der Waals surface area (Å²) < 4.78 is 11.3. The maximum atomic E-state index is 13.1. The number of carbonyl (C=O) groups is 1. The first kappa shape index (κ1) is 71.4. The third kappa shape index (κ3) is 44.9. The summed E-state index contributed by atoms with van der Waals surface area (Å²) in [5, 5.41) is 54.6. The van der Waals surface area contributed by atoms with E-state index >= 15 is 0 Å². The number of ether oxygens (including phenoxy) is 2. The van der Waals surface area contributed by atoms with Crippen molar-refractivity contribution < 1.29 is 39.8 Å². The highest BCUT2D eigenvalue weighted by molar-refractivity contribution is 5.76. The molecule has 1 rings (SSSR count). The lowest BCUT2D eigenvalue weighted by molar-refractivity contribution is -0.302. The van der Waals surface area contributed by atoms with Crippen LogP contribution in [0.5, 0.6) is 0 Å². The monoisotopic (exact) mass is 1060 g/mol. The Kier molecular flexibility index (Phi) is 53.1. The van der Waals surface area contributed by atoms with Crippen molar-refractivity contribution in [3.63, 3.8) is 0 Å². The first-order chi connectivity index (χ1) is 36.8. The van der Waals surface area contributed by atoms with Crippen molar-refractivity contribution in [2.75, 3.05) is 13.2 Å². The van der Waals surface area contributed by atoms with Crippen molar-refractivity contribution >= 4 is 5.91 Å². The van der Waals surface area contributed by atoms with Crippen molar-refractivity contribution in [1.82, 2.24) is 5.32 Å². The van der Waals surface area contributed by atoms with E-state index in [0.29, 0.717) is 6.42 Å². The fourth-order valence-electron chi connectivity index (χ4n) is 10.5. The molecule has 0 radical (unpaired) electrons. The molecule has 442 valence electrons. The zero-order valence-corrected chi connectivity index (χ0v) is 49.3. The van der Waals surface area contributed by atoms with Crippen LogP contribution in [-0.4, -0.2) is 87.5 Å². The second-order valence-electron chi connectivity index (χ2n) is 22.9. The Morgan fingerprint density at radius 1 is 0.440 bits per heavy atom. The summed E-state index contributed by atoms with van der Waals surface area (Å²) in [6, 6.07) is -0.822. The zero-order chi connectivity index (χ0) is 54.3. The molecule has 0 aromatic carbocycles. The predicted molar refractivity (Wildman–Crippen MR) is 318 cm³/mol. The van der Waals surface area contributed by atoms with Crippen LogP contribution >= 0.6 is 0 Å². The van der Waals surface area contributed by atoms with Gasteiger partial charge in [-0.2, -0.15) is 0 Å². The van der Waals surface area contributed by atoms with Gasteiger partial charge >= 0.3 is 0 Å². The maximum Gasteiger partial charge on any atom is 0.220 e. The van der Waals surface area contributed by atoms with Gasteiger partial charge in [0.1, 0.15) is 24.4 Å². The first-order valence-corrected chi connectivity index (χ1v) is 32.7. The van der Waals surface area contributed by atoms with Gasteiger partial charge in [0.25, 0.3) is 0 Å². The Morgan fingerprint density at radius 2 is 0.760 bits per heavy atom. The molecule has 0 saturated carbocycles. The number of unbranched alkanes of at least 4 members (excludes halogenated alkanes) is 43. The summed E-state index contributed by atoms with van der Waals surface area (Å²) in [5.41, 5.74) is 0. The molecule has 6 N–H and O–H groups in total. The van der Waals surface area contributed by atoms with Crippen molar-refractivity contribution in [2.24, 2.45) is 0 Å². The minimum absolute atomic E-state index is 0.182. The van der Waals surface area contributed by atoms with Gasteiger partial charge in [-0.3, -0.25) is 4.79 Å². The highest BCUT2D eigenvalue weighted by atomic mass is 16.7. The minimum atomic E-state index is -1.57. The van der Waals surface area contributed by atoms with Crippen molar-refractivity contribution in [3.8, 4) is 0 Å². The Hall–Kier alpha value is -1.59. The number of rotatable bonds is 57. The summed E-state index contributed by atoms with van der Waals surface area (Å²) in [7, 11) is 0. The minimum Gasteiger partial charge on any atom is -0.394 e. The number of aliphatic hydroxyl groups is 5. The molecule has 0 bridgehead atoms. The molecule has 1 fully saturated rings. The number of carbonyl (C=O) groups excluding carboxylic acids is 1. The molecule has 1 aliphatic heterocycles. The van der Waals surface area contributed by atoms with E-state index in [1.54, 1.807) is 6.08 Å². The summed E-state index contributed by atoms with van der Waals surface area (Å²) in [6.45, 7) is 3.81. The number of hydrogen-bond acceptors (Lipinski definition) is 8. The highest BCUT2D eigenvalue weighted by Crippen LogP contribution is 2.23. The van der Waals surface area contributed by atoms with E-state index in [1.807, 2.05) is 6.08 Å². The number of amides is 1. The molecule has 75 heavy (non-hydrogen) atoms. The normalized spacial score (nSPS) is 19.1. The Labute approximate surface area is 463 Å². The molecule has 1 heterocycles. The fourth-order valence-corrected chi connectivity index (χ4v) is 10.5. The molecule has 9 nitrogen and oxygen atoms in total. The molecule has 1 aliphatic rings. The quantitative estimate of drug-likeness (QED) is 0.0261. The van der Waals surface area contributed by atoms with Crippen molar-refractivity contribution in [3.05, 3.63) is 36.5 Å². The van der Waals surface area contributed by atoms with Crippen LogP contribution in [0.3, 0.4) is 0 Å². The van der Waals surface area contributed by atoms with E-state index in [9.17, 15) is 30.3 Å². The highest BCUT2D eigenvalue weighted by Gasteiger charge is 2.44. The standard InChI is InChI=1S/C66H125NO8/c1-3-5-7-9-11-13-15-17-19-21-23-25-27-29-30-32-33-35-37-39-41-43-45-47-49-51-53-55-60(69)59(58-74-66-65(73)64(72)63(71)61(57-68)75-66)67-62(70)56-54-52-50-48-46-44-42-40-38-36-34-31-28-26-24-22-20-18-16-14-12-10-8-6-4-2/h22,24,45,47,53,55,59-61,63-66,68-69,71-73H,3-21,23,25-44,46,48-52,54,56-58H2,1-2H3,(H,67,70)/b24-22-,47-45+,55-53+. The van der Waals surface area contributed by atoms with Crippen LogP contribution in [0.25, 0.3) is 0 Å². The summed E-state index contributed by atoms with van der Waals surface area (Å²) in [5.74, 6) is -0.182. The van der Waals surface area contributed by atoms with E-state index in [4.69, 9.17) is 9.47 Å². The van der Waals surface area contributed by atoms with Crippen LogP contribution in [0.4, 0.5) is 0 Å². The Bertz CT molecular complexity index is 1270. The molecular formula is C66H125NO8. The maximum absolute atomic E-state index is 13.1. The topological polar surface area (TPSA) is 149 Å². The smallest absolute Gasteiger partial charge is 0.220 e. The molecule has 0 aliphatic carbocycles. The van der Waals surface area contributed by atoms with E-state index in [0.717, 1.165) is 38.5 Å². The average Bonchev–Trinajstić information content (AvgIpc) is 3.41. The summed E-state index contributed by atoms with van der Waals surface area (Å²) in [6.07, 6.45) is 66.7. The van der Waals surface area contributed by atoms with Gasteiger partial charge in [0.05, 0.1) is 25.4 Å². The first-order valence-electron chi connectivity index (χ1n) is 32.7. The number of nitrogens with one attached hydrogen (secondary N) is 1. The molecule has 7 atom stereocenters. The van der Waals surface area contributed by atoms with Gasteiger partial charge < -0.3 is 40.3 Å². The van der Waals surface area contributed by atoms with Crippen LogP contribution < -0.4 is 5.32 Å². The molecule has 1 amide bonds.